The van der Waals surface area contributed by atoms with E-state index >= 15 is 0 Å². The van der Waals surface area contributed by atoms with E-state index in [0.29, 0.717) is 0 Å². The number of benzene rings is 1. The van der Waals surface area contributed by atoms with Gasteiger partial charge in [0.15, 0.2) is 0 Å². The quantitative estimate of drug-likeness (QED) is 0.546. The number of hydrogen-bond acceptors (Lipinski definition) is 6. The Balaban J connectivity index is 2.49. The topological polar surface area (TPSA) is 90.9 Å². The molecule has 0 aliphatic rings. The van der Waals surface area contributed by atoms with Gasteiger partial charge in [0.2, 0.25) is 0 Å². The number of Topliss-reactive ketones (excluding diaryl/α,β-unsaturated/α-hetero) is 1. The van der Waals surface area contributed by atoms with Gasteiger partial charge in [-0.05, 0) is 12.5 Å². The Labute approximate surface area is 134 Å². The summed E-state index contributed by atoms with van der Waals surface area (Å²) in [6.45, 7) is 1.67. The number of rotatable bonds is 9. The van der Waals surface area contributed by atoms with Gasteiger partial charge in [0, 0.05) is 13.5 Å². The van der Waals surface area contributed by atoms with Crippen LogP contribution < -0.4 is 5.32 Å². The molecule has 0 bridgehead atoms. The molecule has 0 fully saturated rings. The van der Waals surface area contributed by atoms with Crippen molar-refractivity contribution in [3.8, 4) is 0 Å². The predicted octanol–water partition coefficient (Wildman–Crippen LogP) is 1.45. The Morgan fingerprint density at radius 3 is 2.39 bits per heavy atom. The van der Waals surface area contributed by atoms with E-state index in [2.05, 4.69) is 5.32 Å². The lowest BCUT2D eigenvalue weighted by Crippen LogP contribution is -2.43. The van der Waals surface area contributed by atoms with Crippen LogP contribution in [0.15, 0.2) is 30.3 Å². The lowest BCUT2D eigenvalue weighted by Gasteiger charge is -2.16. The average molecular weight is 323 g/mol. The third-order valence-electron chi connectivity index (χ3n) is 2.81. The highest BCUT2D eigenvalue weighted by Gasteiger charge is 2.24. The van der Waals surface area contributed by atoms with Gasteiger partial charge in [-0.2, -0.15) is 0 Å². The first-order valence-electron chi connectivity index (χ1n) is 7.15. The molecule has 0 radical (unpaired) electrons. The number of alkyl carbamates (subject to hydrolysis) is 1. The van der Waals surface area contributed by atoms with Gasteiger partial charge in [0.05, 0.1) is 6.61 Å². The molecule has 1 aromatic rings. The van der Waals surface area contributed by atoms with Crippen molar-refractivity contribution >= 4 is 17.8 Å². The van der Waals surface area contributed by atoms with Crippen LogP contribution in [0, 0.1) is 0 Å². The molecular weight excluding hydrogens is 302 g/mol. The van der Waals surface area contributed by atoms with Gasteiger partial charge >= 0.3 is 12.1 Å². The fourth-order valence-corrected chi connectivity index (χ4v) is 1.71. The summed E-state index contributed by atoms with van der Waals surface area (Å²) in [5.74, 6) is -0.948. The van der Waals surface area contributed by atoms with E-state index in [1.165, 1.54) is 14.0 Å². The number of ketones is 1. The Bertz CT molecular complexity index is 517. The molecule has 0 saturated heterocycles. The molecule has 0 heterocycles. The first-order valence-corrected chi connectivity index (χ1v) is 7.15. The lowest BCUT2D eigenvalue weighted by molar-refractivity contribution is -0.148. The number of carbonyl (C=O) groups excluding carboxylic acids is 3. The molecule has 1 aromatic carbocycles. The van der Waals surface area contributed by atoms with Crippen molar-refractivity contribution in [2.75, 3.05) is 20.3 Å². The van der Waals surface area contributed by atoms with E-state index < -0.39 is 18.1 Å². The molecule has 0 saturated carbocycles. The minimum absolute atomic E-state index is 0.0461. The van der Waals surface area contributed by atoms with Crippen LogP contribution in [-0.2, 0) is 30.4 Å². The maximum Gasteiger partial charge on any atom is 0.408 e. The van der Waals surface area contributed by atoms with Crippen molar-refractivity contribution in [1.82, 2.24) is 5.32 Å². The minimum atomic E-state index is -1.08. The van der Waals surface area contributed by atoms with Crippen molar-refractivity contribution in [3.63, 3.8) is 0 Å². The standard InChI is InChI=1S/C16H21NO6/c1-12(18)10-14(15(19)22-9-8-21-2)17-16(20)23-11-13-6-4-3-5-7-13/h3-7,14H,8-11H2,1-2H3,(H,17,20). The first-order chi connectivity index (χ1) is 11.0. The molecule has 1 N–H and O–H groups in total. The number of hydrogen-bond donors (Lipinski definition) is 1. The molecule has 23 heavy (non-hydrogen) atoms. The van der Waals surface area contributed by atoms with E-state index in [1.54, 1.807) is 12.1 Å². The van der Waals surface area contributed by atoms with Gasteiger partial charge in [-0.3, -0.25) is 4.79 Å². The van der Waals surface area contributed by atoms with E-state index in [0.717, 1.165) is 5.56 Å². The summed E-state index contributed by atoms with van der Waals surface area (Å²) >= 11 is 0. The highest BCUT2D eigenvalue weighted by Crippen LogP contribution is 2.02. The highest BCUT2D eigenvalue weighted by molar-refractivity contribution is 5.87. The van der Waals surface area contributed by atoms with Gasteiger partial charge in [0.25, 0.3) is 0 Å². The zero-order chi connectivity index (χ0) is 17.1. The number of methoxy groups -OCH3 is 1. The maximum absolute atomic E-state index is 11.9. The largest absolute Gasteiger partial charge is 0.462 e. The minimum Gasteiger partial charge on any atom is -0.462 e. The third-order valence-corrected chi connectivity index (χ3v) is 2.81. The second-order valence-corrected chi connectivity index (χ2v) is 4.83. The Hall–Kier alpha value is -2.41. The van der Waals surface area contributed by atoms with Gasteiger partial charge in [-0.25, -0.2) is 9.59 Å². The van der Waals surface area contributed by atoms with Crippen molar-refractivity contribution in [3.05, 3.63) is 35.9 Å². The molecule has 0 aromatic heterocycles. The third kappa shape index (κ3) is 7.96. The number of esters is 1. The normalized spacial score (nSPS) is 11.4. The summed E-state index contributed by atoms with van der Waals surface area (Å²) < 4.78 is 14.7. The fraction of sp³-hybridized carbons (Fsp3) is 0.438. The van der Waals surface area contributed by atoms with Crippen molar-refractivity contribution in [2.45, 2.75) is 26.0 Å². The van der Waals surface area contributed by atoms with Crippen LogP contribution in [0.4, 0.5) is 4.79 Å². The van der Waals surface area contributed by atoms with E-state index in [-0.39, 0.29) is 32.0 Å². The number of amides is 1. The first kappa shape index (κ1) is 18.6. The molecule has 1 atom stereocenters. The summed E-state index contributed by atoms with van der Waals surface area (Å²) in [5, 5.41) is 2.35. The molecule has 1 rings (SSSR count). The molecule has 1 unspecified atom stereocenters. The van der Waals surface area contributed by atoms with Crippen LogP contribution in [0.2, 0.25) is 0 Å². The molecule has 7 nitrogen and oxygen atoms in total. The predicted molar refractivity (Wildman–Crippen MR) is 81.7 cm³/mol. The highest BCUT2D eigenvalue weighted by atomic mass is 16.6. The maximum atomic E-state index is 11.9. The summed E-state index contributed by atoms with van der Waals surface area (Å²) in [6.07, 6.45) is -0.949. The molecular formula is C16H21NO6. The molecule has 7 heteroatoms. The van der Waals surface area contributed by atoms with Gasteiger partial charge in [0.1, 0.15) is 25.0 Å². The van der Waals surface area contributed by atoms with E-state index in [1.807, 2.05) is 18.2 Å². The molecule has 0 spiro atoms. The van der Waals surface area contributed by atoms with Crippen LogP contribution in [0.1, 0.15) is 18.9 Å². The van der Waals surface area contributed by atoms with Gasteiger partial charge < -0.3 is 19.5 Å². The molecule has 1 amide bonds. The van der Waals surface area contributed by atoms with Gasteiger partial charge in [-0.15, -0.1) is 0 Å². The Kier molecular flexibility index (Phi) is 8.38. The van der Waals surface area contributed by atoms with Gasteiger partial charge in [-0.1, -0.05) is 30.3 Å². The number of ether oxygens (including phenoxy) is 3. The zero-order valence-corrected chi connectivity index (χ0v) is 13.2. The zero-order valence-electron chi connectivity index (χ0n) is 13.2. The summed E-state index contributed by atoms with van der Waals surface area (Å²) in [4.78, 5) is 34.9. The van der Waals surface area contributed by atoms with Crippen molar-refractivity contribution < 1.29 is 28.6 Å². The smallest absolute Gasteiger partial charge is 0.408 e. The van der Waals surface area contributed by atoms with Crippen molar-refractivity contribution in [1.29, 1.82) is 0 Å². The summed E-state index contributed by atoms with van der Waals surface area (Å²) in [6, 6.07) is 8.03. The Morgan fingerprint density at radius 2 is 1.78 bits per heavy atom. The van der Waals surface area contributed by atoms with Crippen LogP contribution >= 0.6 is 0 Å². The van der Waals surface area contributed by atoms with Crippen LogP contribution in [0.25, 0.3) is 0 Å². The van der Waals surface area contributed by atoms with Crippen LogP contribution in [0.3, 0.4) is 0 Å². The monoisotopic (exact) mass is 323 g/mol. The molecule has 0 aliphatic heterocycles. The second kappa shape index (κ2) is 10.3. The average Bonchev–Trinajstić information content (AvgIpc) is 2.53. The van der Waals surface area contributed by atoms with Crippen molar-refractivity contribution in [2.24, 2.45) is 0 Å². The Morgan fingerprint density at radius 1 is 1.09 bits per heavy atom. The second-order valence-electron chi connectivity index (χ2n) is 4.83. The SMILES string of the molecule is COCCOC(=O)C(CC(C)=O)NC(=O)OCc1ccccc1. The molecule has 126 valence electrons. The number of carbonyl (C=O) groups is 3. The lowest BCUT2D eigenvalue weighted by atomic mass is 10.1. The van der Waals surface area contributed by atoms with Crippen LogP contribution in [-0.4, -0.2) is 44.2 Å². The molecule has 0 aliphatic carbocycles. The van der Waals surface area contributed by atoms with Crippen LogP contribution in [0.5, 0.6) is 0 Å². The fourth-order valence-electron chi connectivity index (χ4n) is 1.71. The summed E-state index contributed by atoms with van der Waals surface area (Å²) in [7, 11) is 1.47. The van der Waals surface area contributed by atoms with E-state index in [4.69, 9.17) is 14.2 Å². The number of nitrogens with one attached hydrogen (secondary N) is 1. The summed E-state index contributed by atoms with van der Waals surface area (Å²) in [5.41, 5.74) is 0.813. The van der Waals surface area contributed by atoms with E-state index in [9.17, 15) is 14.4 Å².